The Labute approximate surface area is 145 Å². The SMILES string of the molecule is Nc1cccc(CC(=O)N2CCN(Cc3ccc(Cl)s3)CC2)c1. The number of amides is 1. The minimum atomic E-state index is 0.175. The number of anilines is 1. The lowest BCUT2D eigenvalue weighted by Gasteiger charge is -2.34. The third-order valence-corrected chi connectivity index (χ3v) is 5.26. The topological polar surface area (TPSA) is 49.6 Å². The van der Waals surface area contributed by atoms with Crippen LogP contribution >= 0.6 is 22.9 Å². The number of nitrogen functional groups attached to an aromatic ring is 1. The molecule has 3 rings (SSSR count). The molecule has 0 spiro atoms. The van der Waals surface area contributed by atoms with Crippen LogP contribution in [0.2, 0.25) is 4.34 Å². The minimum Gasteiger partial charge on any atom is -0.399 e. The molecule has 6 heteroatoms. The largest absolute Gasteiger partial charge is 0.399 e. The number of benzene rings is 1. The molecule has 1 fully saturated rings. The van der Waals surface area contributed by atoms with Gasteiger partial charge in [0.1, 0.15) is 0 Å². The van der Waals surface area contributed by atoms with Crippen LogP contribution in [0, 0.1) is 0 Å². The summed E-state index contributed by atoms with van der Waals surface area (Å²) >= 11 is 7.59. The summed E-state index contributed by atoms with van der Waals surface area (Å²) in [6.07, 6.45) is 0.422. The van der Waals surface area contributed by atoms with Gasteiger partial charge in [0.2, 0.25) is 5.91 Å². The fraction of sp³-hybridized carbons (Fsp3) is 0.353. The normalized spacial score (nSPS) is 15.8. The van der Waals surface area contributed by atoms with Gasteiger partial charge in [0, 0.05) is 43.3 Å². The van der Waals surface area contributed by atoms with E-state index in [0.29, 0.717) is 12.1 Å². The molecule has 1 aliphatic heterocycles. The number of carbonyl (C=O) groups excluding carboxylic acids is 1. The highest BCUT2D eigenvalue weighted by molar-refractivity contribution is 7.16. The number of nitrogens with zero attached hydrogens (tertiary/aromatic N) is 2. The number of piperazine rings is 1. The molecule has 0 saturated carbocycles. The first-order chi connectivity index (χ1) is 11.1. The highest BCUT2D eigenvalue weighted by Gasteiger charge is 2.21. The molecule has 0 unspecified atom stereocenters. The van der Waals surface area contributed by atoms with Crippen LogP contribution < -0.4 is 5.73 Å². The van der Waals surface area contributed by atoms with Crippen LogP contribution in [0.1, 0.15) is 10.4 Å². The number of nitrogens with two attached hydrogens (primary N) is 1. The summed E-state index contributed by atoms with van der Waals surface area (Å²) in [4.78, 5) is 18.0. The van der Waals surface area contributed by atoms with Crippen molar-refractivity contribution in [3.63, 3.8) is 0 Å². The van der Waals surface area contributed by atoms with E-state index in [4.69, 9.17) is 17.3 Å². The number of thiophene rings is 1. The summed E-state index contributed by atoms with van der Waals surface area (Å²) in [6.45, 7) is 4.27. The van der Waals surface area contributed by atoms with Crippen molar-refractivity contribution in [2.45, 2.75) is 13.0 Å². The zero-order chi connectivity index (χ0) is 16.2. The van der Waals surface area contributed by atoms with E-state index in [1.165, 1.54) is 4.88 Å². The fourth-order valence-electron chi connectivity index (χ4n) is 2.80. The quantitative estimate of drug-likeness (QED) is 0.863. The molecular weight excluding hydrogens is 330 g/mol. The highest BCUT2D eigenvalue weighted by atomic mass is 35.5. The summed E-state index contributed by atoms with van der Waals surface area (Å²) < 4.78 is 0.830. The van der Waals surface area contributed by atoms with Crippen LogP contribution in [0.25, 0.3) is 0 Å². The van der Waals surface area contributed by atoms with Gasteiger partial charge < -0.3 is 10.6 Å². The highest BCUT2D eigenvalue weighted by Crippen LogP contribution is 2.23. The van der Waals surface area contributed by atoms with Crippen LogP contribution in [0.5, 0.6) is 0 Å². The summed E-state index contributed by atoms with van der Waals surface area (Å²) in [6, 6.07) is 11.6. The maximum absolute atomic E-state index is 12.4. The molecule has 2 N–H and O–H groups in total. The number of hydrogen-bond donors (Lipinski definition) is 1. The first-order valence-corrected chi connectivity index (χ1v) is 8.88. The third-order valence-electron chi connectivity index (χ3n) is 4.04. The van der Waals surface area contributed by atoms with E-state index in [2.05, 4.69) is 11.0 Å². The van der Waals surface area contributed by atoms with E-state index < -0.39 is 0 Å². The second kappa shape index (κ2) is 7.34. The summed E-state index contributed by atoms with van der Waals surface area (Å²) in [5.74, 6) is 0.175. The predicted octanol–water partition coefficient (Wildman–Crippen LogP) is 2.87. The van der Waals surface area contributed by atoms with Crippen molar-refractivity contribution >= 4 is 34.5 Å². The molecule has 1 aromatic carbocycles. The van der Waals surface area contributed by atoms with Gasteiger partial charge in [-0.05, 0) is 29.8 Å². The van der Waals surface area contributed by atoms with E-state index in [0.717, 1.165) is 42.6 Å². The van der Waals surface area contributed by atoms with Crippen LogP contribution in [-0.2, 0) is 17.8 Å². The zero-order valence-corrected chi connectivity index (χ0v) is 14.4. The molecule has 1 aromatic heterocycles. The van der Waals surface area contributed by atoms with Gasteiger partial charge in [-0.1, -0.05) is 23.7 Å². The molecule has 1 aliphatic rings. The van der Waals surface area contributed by atoms with Crippen molar-refractivity contribution in [2.24, 2.45) is 0 Å². The lowest BCUT2D eigenvalue weighted by atomic mass is 10.1. The molecule has 23 heavy (non-hydrogen) atoms. The number of halogens is 1. The van der Waals surface area contributed by atoms with Crippen LogP contribution in [-0.4, -0.2) is 41.9 Å². The Hall–Kier alpha value is -1.56. The number of carbonyl (C=O) groups is 1. The average Bonchev–Trinajstić information content (AvgIpc) is 2.93. The second-order valence-electron chi connectivity index (χ2n) is 5.78. The number of hydrogen-bond acceptors (Lipinski definition) is 4. The van der Waals surface area contributed by atoms with Crippen molar-refractivity contribution in [1.29, 1.82) is 0 Å². The second-order valence-corrected chi connectivity index (χ2v) is 7.58. The van der Waals surface area contributed by atoms with E-state index in [-0.39, 0.29) is 5.91 Å². The Morgan fingerprint density at radius 3 is 2.61 bits per heavy atom. The van der Waals surface area contributed by atoms with Gasteiger partial charge in [-0.2, -0.15) is 0 Å². The Morgan fingerprint density at radius 2 is 1.96 bits per heavy atom. The molecule has 0 atom stereocenters. The molecular formula is C17H20ClN3OS. The first-order valence-electron chi connectivity index (χ1n) is 7.69. The van der Waals surface area contributed by atoms with Crippen molar-refractivity contribution in [2.75, 3.05) is 31.9 Å². The summed E-state index contributed by atoms with van der Waals surface area (Å²) in [5, 5.41) is 0. The molecule has 2 heterocycles. The molecule has 0 aliphatic carbocycles. The number of rotatable bonds is 4. The maximum Gasteiger partial charge on any atom is 0.227 e. The van der Waals surface area contributed by atoms with Gasteiger partial charge in [-0.25, -0.2) is 0 Å². The third kappa shape index (κ3) is 4.47. The zero-order valence-electron chi connectivity index (χ0n) is 12.9. The summed E-state index contributed by atoms with van der Waals surface area (Å²) in [5.41, 5.74) is 7.45. The minimum absolute atomic E-state index is 0.175. The lowest BCUT2D eigenvalue weighted by Crippen LogP contribution is -2.48. The summed E-state index contributed by atoms with van der Waals surface area (Å²) in [7, 11) is 0. The van der Waals surface area contributed by atoms with Gasteiger partial charge in [0.05, 0.1) is 10.8 Å². The fourth-order valence-corrected chi connectivity index (χ4v) is 3.93. The van der Waals surface area contributed by atoms with Gasteiger partial charge >= 0.3 is 0 Å². The van der Waals surface area contributed by atoms with Crippen molar-refractivity contribution in [3.8, 4) is 0 Å². The molecule has 0 bridgehead atoms. The monoisotopic (exact) mass is 349 g/mol. The predicted molar refractivity (Wildman–Crippen MR) is 95.7 cm³/mol. The molecule has 2 aromatic rings. The van der Waals surface area contributed by atoms with E-state index >= 15 is 0 Å². The molecule has 1 amide bonds. The lowest BCUT2D eigenvalue weighted by molar-refractivity contribution is -0.132. The Morgan fingerprint density at radius 1 is 1.17 bits per heavy atom. The molecule has 4 nitrogen and oxygen atoms in total. The van der Waals surface area contributed by atoms with Gasteiger partial charge in [-0.15, -0.1) is 11.3 Å². The molecule has 122 valence electrons. The van der Waals surface area contributed by atoms with Crippen molar-refractivity contribution in [1.82, 2.24) is 9.80 Å². The van der Waals surface area contributed by atoms with E-state index in [9.17, 15) is 4.79 Å². The van der Waals surface area contributed by atoms with Crippen LogP contribution in [0.4, 0.5) is 5.69 Å². The average molecular weight is 350 g/mol. The van der Waals surface area contributed by atoms with Gasteiger partial charge in [0.15, 0.2) is 0 Å². The molecule has 0 radical (unpaired) electrons. The van der Waals surface area contributed by atoms with Gasteiger partial charge in [0.25, 0.3) is 0 Å². The van der Waals surface area contributed by atoms with Crippen LogP contribution in [0.3, 0.4) is 0 Å². The smallest absolute Gasteiger partial charge is 0.227 e. The van der Waals surface area contributed by atoms with E-state index in [1.807, 2.05) is 35.2 Å². The van der Waals surface area contributed by atoms with Crippen molar-refractivity contribution in [3.05, 3.63) is 51.2 Å². The first kappa shape index (κ1) is 16.3. The standard InChI is InChI=1S/C17H20ClN3OS/c18-16-5-4-15(23-16)12-20-6-8-21(9-7-20)17(22)11-13-2-1-3-14(19)10-13/h1-5,10H,6-9,11-12,19H2. The van der Waals surface area contributed by atoms with Gasteiger partial charge in [-0.3, -0.25) is 9.69 Å². The maximum atomic E-state index is 12.4. The van der Waals surface area contributed by atoms with E-state index in [1.54, 1.807) is 11.3 Å². The Bertz CT molecular complexity index is 680. The van der Waals surface area contributed by atoms with Crippen LogP contribution in [0.15, 0.2) is 36.4 Å². The Balaban J connectivity index is 1.49. The Kier molecular flexibility index (Phi) is 5.20. The van der Waals surface area contributed by atoms with Crippen molar-refractivity contribution < 1.29 is 4.79 Å². The molecule has 1 saturated heterocycles.